The van der Waals surface area contributed by atoms with Gasteiger partial charge in [-0.3, -0.25) is 0 Å². The van der Waals surface area contributed by atoms with E-state index in [1.807, 2.05) is 0 Å². The Morgan fingerprint density at radius 3 is 1.18 bits per heavy atom. The molecule has 0 unspecified atom stereocenters. The minimum Gasteiger partial charge on any atom is -0.0642 e. The molecule has 10 rings (SSSR count). The predicted molar refractivity (Wildman–Crippen MR) is 239 cm³/mol. The molecule has 0 aliphatic heterocycles. The number of rotatable bonds is 8. The highest BCUT2D eigenvalue weighted by Gasteiger charge is 2.42. The lowest BCUT2D eigenvalue weighted by atomic mass is 9.72. The number of hydrogen-bond donors (Lipinski definition) is 0. The number of hydrogen-bond acceptors (Lipinski definition) is 0. The molecule has 0 saturated heterocycles. The second-order valence-corrected chi connectivity index (χ2v) is 16.1. The summed E-state index contributed by atoms with van der Waals surface area (Å²) < 4.78 is 0. The van der Waals surface area contributed by atoms with Gasteiger partial charge in [-0.05, 0) is 144 Å². The monoisotopic (exact) mass is 720 g/mol. The van der Waals surface area contributed by atoms with E-state index < -0.39 is 0 Å². The van der Waals surface area contributed by atoms with E-state index in [0.29, 0.717) is 0 Å². The molecule has 8 aromatic rings. The number of benzene rings is 8. The van der Waals surface area contributed by atoms with Gasteiger partial charge in [0, 0.05) is 10.8 Å². The van der Waals surface area contributed by atoms with Crippen LogP contribution in [0.1, 0.15) is 75.6 Å². The van der Waals surface area contributed by atoms with Crippen LogP contribution in [0.2, 0.25) is 0 Å². The van der Waals surface area contributed by atoms with Crippen LogP contribution in [-0.4, -0.2) is 0 Å². The maximum Gasteiger partial charge on any atom is 0.0210 e. The Balaban J connectivity index is 0.962. The first-order valence-corrected chi connectivity index (χ1v) is 20.7. The van der Waals surface area contributed by atoms with Crippen molar-refractivity contribution in [2.75, 3.05) is 0 Å². The molecule has 0 heterocycles. The van der Waals surface area contributed by atoms with Crippen molar-refractivity contribution in [3.8, 4) is 66.8 Å². The molecule has 0 bridgehead atoms. The van der Waals surface area contributed by atoms with Gasteiger partial charge >= 0.3 is 0 Å². The van der Waals surface area contributed by atoms with Gasteiger partial charge in [-0.1, -0.05) is 179 Å². The zero-order chi connectivity index (χ0) is 38.0. The fraction of sp³-hybridized carbons (Fsp3) is 0.179. The maximum absolute atomic E-state index is 2.53. The lowest BCUT2D eigenvalue weighted by molar-refractivity contribution is 0.490. The predicted octanol–water partition coefficient (Wildman–Crippen LogP) is 15.7. The maximum atomic E-state index is 2.53. The molecule has 272 valence electrons. The molecule has 2 aliphatic carbocycles. The summed E-state index contributed by atoms with van der Waals surface area (Å²) in [5.41, 5.74) is 21.8. The van der Waals surface area contributed by atoms with Gasteiger partial charge in [-0.2, -0.15) is 0 Å². The van der Waals surface area contributed by atoms with Gasteiger partial charge in [-0.25, -0.2) is 0 Å². The summed E-state index contributed by atoms with van der Waals surface area (Å²) in [6.07, 6.45) is 4.35. The molecule has 8 aromatic carbocycles. The van der Waals surface area contributed by atoms with Gasteiger partial charge in [0.2, 0.25) is 0 Å². The highest BCUT2D eigenvalue weighted by Crippen LogP contribution is 2.56. The fourth-order valence-electron chi connectivity index (χ4n) is 10.7. The molecule has 0 amide bonds. The van der Waals surface area contributed by atoms with Crippen LogP contribution in [0.25, 0.3) is 77.5 Å². The van der Waals surface area contributed by atoms with E-state index in [2.05, 4.69) is 198 Å². The van der Waals surface area contributed by atoms with Crippen molar-refractivity contribution in [1.29, 1.82) is 0 Å². The van der Waals surface area contributed by atoms with E-state index in [9.17, 15) is 0 Å². The Hall–Kier alpha value is -5.98. The highest BCUT2D eigenvalue weighted by molar-refractivity contribution is 5.97. The summed E-state index contributed by atoms with van der Waals surface area (Å²) in [6, 6.07) is 64.3. The van der Waals surface area contributed by atoms with E-state index in [4.69, 9.17) is 0 Å². The summed E-state index contributed by atoms with van der Waals surface area (Å²) in [5, 5.41) is 2.57. The molecule has 0 saturated carbocycles. The largest absolute Gasteiger partial charge is 0.0642 e. The Morgan fingerprint density at radius 2 is 0.643 bits per heavy atom. The average molecular weight is 721 g/mol. The minimum atomic E-state index is -0.0218. The molecule has 0 N–H and O–H groups in total. The molecule has 0 radical (unpaired) electrons. The van der Waals surface area contributed by atoms with Gasteiger partial charge in [0.25, 0.3) is 0 Å². The van der Waals surface area contributed by atoms with Crippen LogP contribution >= 0.6 is 0 Å². The summed E-state index contributed by atoms with van der Waals surface area (Å²) in [5.74, 6) is 0. The van der Waals surface area contributed by atoms with Crippen molar-refractivity contribution in [2.45, 2.75) is 64.2 Å². The third-order valence-electron chi connectivity index (χ3n) is 13.9. The average Bonchev–Trinajstić information content (AvgIpc) is 3.72. The van der Waals surface area contributed by atoms with E-state index in [1.54, 1.807) is 0 Å². The van der Waals surface area contributed by atoms with E-state index in [0.717, 1.165) is 25.7 Å². The molecule has 0 atom stereocenters. The van der Waals surface area contributed by atoms with E-state index >= 15 is 0 Å². The van der Waals surface area contributed by atoms with Crippen LogP contribution in [-0.2, 0) is 10.8 Å². The zero-order valence-electron chi connectivity index (χ0n) is 33.0. The topological polar surface area (TPSA) is 0 Å². The van der Waals surface area contributed by atoms with Crippen LogP contribution in [0, 0.1) is 0 Å². The van der Waals surface area contributed by atoms with Gasteiger partial charge in [0.15, 0.2) is 0 Å². The molecule has 0 spiro atoms. The molecular weight excluding hydrogens is 673 g/mol. The third kappa shape index (κ3) is 5.05. The summed E-state index contributed by atoms with van der Waals surface area (Å²) in [4.78, 5) is 0. The summed E-state index contributed by atoms with van der Waals surface area (Å²) in [6.45, 7) is 9.48. The first-order valence-electron chi connectivity index (χ1n) is 20.7. The van der Waals surface area contributed by atoms with Crippen molar-refractivity contribution in [2.24, 2.45) is 0 Å². The summed E-state index contributed by atoms with van der Waals surface area (Å²) in [7, 11) is 0. The Labute approximate surface area is 332 Å². The molecule has 0 aromatic heterocycles. The van der Waals surface area contributed by atoms with Gasteiger partial charge in [0.1, 0.15) is 0 Å². The Morgan fingerprint density at radius 1 is 0.286 bits per heavy atom. The van der Waals surface area contributed by atoms with Crippen molar-refractivity contribution in [1.82, 2.24) is 0 Å². The fourth-order valence-corrected chi connectivity index (χ4v) is 10.7. The van der Waals surface area contributed by atoms with Gasteiger partial charge in [0.05, 0.1) is 0 Å². The molecule has 0 nitrogen and oxygen atoms in total. The lowest BCUT2D eigenvalue weighted by Gasteiger charge is -2.31. The molecule has 2 aliphatic rings. The van der Waals surface area contributed by atoms with Crippen LogP contribution < -0.4 is 0 Å². The molecule has 0 heteroatoms. The zero-order valence-corrected chi connectivity index (χ0v) is 33.0. The Bertz CT molecular complexity index is 2760. The SMILES string of the molecule is CCC1(CC)c2ccccc2-c2ccc(-c3ccc4c(c3)C(CC)(CC)c3cc(-c5ccc(-c6ccc(-c7cccc8ccccc78)cc6)cc5)ccc3-4)cc21. The lowest BCUT2D eigenvalue weighted by Crippen LogP contribution is -2.23. The first-order chi connectivity index (χ1) is 27.5. The van der Waals surface area contributed by atoms with Gasteiger partial charge < -0.3 is 0 Å². The first kappa shape index (κ1) is 34.5. The minimum absolute atomic E-state index is 0.0218. The molecular formula is C56H48. The van der Waals surface area contributed by atoms with E-state index in [-0.39, 0.29) is 10.8 Å². The van der Waals surface area contributed by atoms with Crippen LogP contribution in [0.15, 0.2) is 170 Å². The van der Waals surface area contributed by atoms with Crippen LogP contribution in [0.3, 0.4) is 0 Å². The standard InChI is InChI=1S/C56H48/c1-5-55(6-2)51-19-12-11-17-47(51)48-32-29-43(35-52(48)55)44-30-33-50-49-31-28-42(34-53(49)56(7-3,8-4)54(50)36-44)39-22-20-37(21-23-39)38-24-26-41(27-25-38)46-18-13-15-40-14-9-10-16-45(40)46/h9-36H,5-8H2,1-4H3. The normalized spacial score (nSPS) is 14.3. The molecule has 56 heavy (non-hydrogen) atoms. The van der Waals surface area contributed by atoms with Crippen molar-refractivity contribution < 1.29 is 0 Å². The van der Waals surface area contributed by atoms with Crippen molar-refractivity contribution >= 4 is 10.8 Å². The quantitative estimate of drug-likeness (QED) is 0.147. The Kier molecular flexibility index (Phi) is 8.23. The second kappa shape index (κ2) is 13.3. The smallest absolute Gasteiger partial charge is 0.0210 e. The highest BCUT2D eigenvalue weighted by atomic mass is 14.5. The second-order valence-electron chi connectivity index (χ2n) is 16.1. The van der Waals surface area contributed by atoms with Crippen LogP contribution in [0.4, 0.5) is 0 Å². The van der Waals surface area contributed by atoms with Crippen molar-refractivity contribution in [3.05, 3.63) is 192 Å². The summed E-state index contributed by atoms with van der Waals surface area (Å²) >= 11 is 0. The third-order valence-corrected chi connectivity index (χ3v) is 13.9. The van der Waals surface area contributed by atoms with Crippen molar-refractivity contribution in [3.63, 3.8) is 0 Å². The van der Waals surface area contributed by atoms with E-state index in [1.165, 1.54) is 99.8 Å². The number of fused-ring (bicyclic) bond motifs is 7. The van der Waals surface area contributed by atoms with Gasteiger partial charge in [-0.15, -0.1) is 0 Å². The van der Waals surface area contributed by atoms with Crippen LogP contribution in [0.5, 0.6) is 0 Å². The molecule has 0 fully saturated rings.